The third-order valence-corrected chi connectivity index (χ3v) is 5.30. The number of hydrogen-bond donors (Lipinski definition) is 1. The Balaban J connectivity index is 1.68. The lowest BCUT2D eigenvalue weighted by Gasteiger charge is -2.24. The molecule has 0 unspecified atom stereocenters. The summed E-state index contributed by atoms with van der Waals surface area (Å²) in [6.45, 7) is 1.37. The molecule has 0 radical (unpaired) electrons. The van der Waals surface area contributed by atoms with E-state index >= 15 is 0 Å². The monoisotopic (exact) mass is 322 g/mol. The van der Waals surface area contributed by atoms with E-state index in [2.05, 4.69) is 27.1 Å². The maximum atomic E-state index is 12.4. The van der Waals surface area contributed by atoms with Gasteiger partial charge in [0.25, 0.3) is 0 Å². The van der Waals surface area contributed by atoms with E-state index in [-0.39, 0.29) is 17.9 Å². The SMILES string of the molecule is O=C(N[C@H](Cc1ccsc1)c1nccs1)C1CCOCC1. The van der Waals surface area contributed by atoms with Crippen LogP contribution in [0.15, 0.2) is 28.4 Å². The first kappa shape index (κ1) is 14.7. The maximum absolute atomic E-state index is 12.4. The average molecular weight is 322 g/mol. The number of nitrogens with zero attached hydrogens (tertiary/aromatic N) is 1. The molecule has 0 aromatic carbocycles. The third kappa shape index (κ3) is 3.90. The molecule has 6 heteroatoms. The average Bonchev–Trinajstić information content (AvgIpc) is 3.21. The molecule has 1 aliphatic rings. The van der Waals surface area contributed by atoms with Crippen LogP contribution in [0.1, 0.15) is 29.5 Å². The van der Waals surface area contributed by atoms with Gasteiger partial charge in [-0.15, -0.1) is 11.3 Å². The Morgan fingerprint density at radius 3 is 2.95 bits per heavy atom. The summed E-state index contributed by atoms with van der Waals surface area (Å²) in [6, 6.07) is 2.07. The van der Waals surface area contributed by atoms with Crippen LogP contribution in [0.25, 0.3) is 0 Å². The molecule has 1 fully saturated rings. The summed E-state index contributed by atoms with van der Waals surface area (Å²) in [7, 11) is 0. The van der Waals surface area contributed by atoms with Crippen molar-refractivity contribution in [3.63, 3.8) is 0 Å². The molecule has 1 saturated heterocycles. The number of ether oxygens (including phenoxy) is 1. The van der Waals surface area contributed by atoms with Crippen molar-refractivity contribution >= 4 is 28.6 Å². The van der Waals surface area contributed by atoms with Gasteiger partial charge in [0.1, 0.15) is 5.01 Å². The van der Waals surface area contributed by atoms with Crippen molar-refractivity contribution in [3.8, 4) is 0 Å². The van der Waals surface area contributed by atoms with Crippen molar-refractivity contribution in [2.45, 2.75) is 25.3 Å². The first-order valence-electron chi connectivity index (χ1n) is 7.11. The number of hydrogen-bond acceptors (Lipinski definition) is 5. The molecular formula is C15H18N2O2S2. The van der Waals surface area contributed by atoms with E-state index in [1.807, 2.05) is 5.38 Å². The summed E-state index contributed by atoms with van der Waals surface area (Å²) in [5.41, 5.74) is 1.24. The van der Waals surface area contributed by atoms with Crippen molar-refractivity contribution < 1.29 is 9.53 Å². The van der Waals surface area contributed by atoms with E-state index < -0.39 is 0 Å². The van der Waals surface area contributed by atoms with Gasteiger partial charge in [0, 0.05) is 37.1 Å². The summed E-state index contributed by atoms with van der Waals surface area (Å²) in [5, 5.41) is 10.3. The van der Waals surface area contributed by atoms with Gasteiger partial charge < -0.3 is 10.1 Å². The van der Waals surface area contributed by atoms with Gasteiger partial charge in [-0.1, -0.05) is 0 Å². The van der Waals surface area contributed by atoms with Gasteiger partial charge >= 0.3 is 0 Å². The summed E-state index contributed by atoms with van der Waals surface area (Å²) in [4.78, 5) is 16.8. The summed E-state index contributed by atoms with van der Waals surface area (Å²) in [5.74, 6) is 0.206. The van der Waals surface area contributed by atoms with Gasteiger partial charge in [-0.05, 0) is 35.2 Å². The summed E-state index contributed by atoms with van der Waals surface area (Å²) < 4.78 is 5.32. The molecule has 3 rings (SSSR count). The van der Waals surface area contributed by atoms with Gasteiger partial charge in [-0.2, -0.15) is 11.3 Å². The first-order valence-corrected chi connectivity index (χ1v) is 8.94. The number of thiophene rings is 1. The number of amides is 1. The lowest BCUT2D eigenvalue weighted by molar-refractivity contribution is -0.128. The Bertz CT molecular complexity index is 548. The third-order valence-electron chi connectivity index (χ3n) is 3.68. The molecule has 0 aliphatic carbocycles. The minimum absolute atomic E-state index is 0.0325. The normalized spacial score (nSPS) is 17.5. The fourth-order valence-corrected chi connectivity index (χ4v) is 3.87. The Kier molecular flexibility index (Phi) is 5.00. The minimum atomic E-state index is -0.0325. The molecule has 0 bridgehead atoms. The topological polar surface area (TPSA) is 51.2 Å². The molecule has 1 amide bonds. The van der Waals surface area contributed by atoms with Gasteiger partial charge in [0.2, 0.25) is 5.91 Å². The van der Waals surface area contributed by atoms with Gasteiger partial charge in [-0.3, -0.25) is 4.79 Å². The largest absolute Gasteiger partial charge is 0.381 e. The molecule has 0 spiro atoms. The van der Waals surface area contributed by atoms with Crippen LogP contribution in [-0.4, -0.2) is 24.1 Å². The van der Waals surface area contributed by atoms with Gasteiger partial charge in [-0.25, -0.2) is 4.98 Å². The number of thiazole rings is 1. The number of carbonyl (C=O) groups excluding carboxylic acids is 1. The lowest BCUT2D eigenvalue weighted by atomic mass is 9.98. The molecule has 21 heavy (non-hydrogen) atoms. The molecule has 4 nitrogen and oxygen atoms in total. The Hall–Kier alpha value is -1.24. The zero-order valence-corrected chi connectivity index (χ0v) is 13.3. The van der Waals surface area contributed by atoms with E-state index in [0.717, 1.165) is 24.3 Å². The highest BCUT2D eigenvalue weighted by Crippen LogP contribution is 2.23. The van der Waals surface area contributed by atoms with Crippen LogP contribution in [0.5, 0.6) is 0 Å². The predicted octanol–water partition coefficient (Wildman–Crippen LogP) is 3.03. The zero-order valence-electron chi connectivity index (χ0n) is 11.7. The number of aromatic nitrogens is 1. The Morgan fingerprint density at radius 2 is 2.29 bits per heavy atom. The highest BCUT2D eigenvalue weighted by molar-refractivity contribution is 7.09. The summed E-state index contributed by atoms with van der Waals surface area (Å²) in [6.07, 6.45) is 4.22. The molecule has 2 aromatic rings. The molecule has 0 saturated carbocycles. The van der Waals surface area contributed by atoms with Crippen LogP contribution in [0, 0.1) is 5.92 Å². The molecule has 3 heterocycles. The molecule has 2 aromatic heterocycles. The zero-order chi connectivity index (χ0) is 14.5. The Labute approximate surface area is 132 Å². The molecule has 112 valence electrons. The van der Waals surface area contributed by atoms with E-state index in [9.17, 15) is 4.79 Å². The van der Waals surface area contributed by atoms with Crippen LogP contribution >= 0.6 is 22.7 Å². The lowest BCUT2D eigenvalue weighted by Crippen LogP contribution is -2.37. The van der Waals surface area contributed by atoms with Crippen molar-refractivity contribution in [3.05, 3.63) is 39.0 Å². The fraction of sp³-hybridized carbons (Fsp3) is 0.467. The minimum Gasteiger partial charge on any atom is -0.381 e. The van der Waals surface area contributed by atoms with Crippen LogP contribution in [0.3, 0.4) is 0 Å². The molecule has 1 atom stereocenters. The maximum Gasteiger partial charge on any atom is 0.223 e. The van der Waals surface area contributed by atoms with Crippen molar-refractivity contribution in [2.24, 2.45) is 5.92 Å². The standard InChI is InChI=1S/C15H18N2O2S2/c18-14(12-1-5-19-6-2-12)17-13(15-16-4-8-21-15)9-11-3-7-20-10-11/h3-4,7-8,10,12-13H,1-2,5-6,9H2,(H,17,18)/t13-/m1/s1. The van der Waals surface area contributed by atoms with Crippen molar-refractivity contribution in [1.82, 2.24) is 10.3 Å². The molecular weight excluding hydrogens is 304 g/mol. The second kappa shape index (κ2) is 7.15. The predicted molar refractivity (Wildman–Crippen MR) is 84.6 cm³/mol. The van der Waals surface area contributed by atoms with E-state index in [4.69, 9.17) is 4.74 Å². The highest BCUT2D eigenvalue weighted by Gasteiger charge is 2.25. The van der Waals surface area contributed by atoms with Crippen molar-refractivity contribution in [2.75, 3.05) is 13.2 Å². The van der Waals surface area contributed by atoms with E-state index in [1.54, 1.807) is 28.9 Å². The van der Waals surface area contributed by atoms with Gasteiger partial charge in [0.15, 0.2) is 0 Å². The van der Waals surface area contributed by atoms with Crippen LogP contribution in [-0.2, 0) is 16.0 Å². The van der Waals surface area contributed by atoms with Gasteiger partial charge in [0.05, 0.1) is 6.04 Å². The van der Waals surface area contributed by atoms with Crippen LogP contribution in [0.4, 0.5) is 0 Å². The smallest absolute Gasteiger partial charge is 0.223 e. The summed E-state index contributed by atoms with van der Waals surface area (Å²) >= 11 is 3.27. The first-order chi connectivity index (χ1) is 10.3. The fourth-order valence-electron chi connectivity index (χ4n) is 2.50. The number of rotatable bonds is 5. The van der Waals surface area contributed by atoms with Crippen molar-refractivity contribution in [1.29, 1.82) is 0 Å². The molecule has 1 aliphatic heterocycles. The van der Waals surface area contributed by atoms with E-state index in [0.29, 0.717) is 13.2 Å². The second-order valence-corrected chi connectivity index (χ2v) is 6.86. The highest BCUT2D eigenvalue weighted by atomic mass is 32.1. The van der Waals surface area contributed by atoms with Crippen LogP contribution in [0.2, 0.25) is 0 Å². The Morgan fingerprint density at radius 1 is 1.43 bits per heavy atom. The quantitative estimate of drug-likeness (QED) is 0.920. The molecule has 1 N–H and O–H groups in total. The van der Waals surface area contributed by atoms with E-state index in [1.165, 1.54) is 5.56 Å². The second-order valence-electron chi connectivity index (χ2n) is 5.15. The van der Waals surface area contributed by atoms with Crippen LogP contribution < -0.4 is 5.32 Å². The number of carbonyl (C=O) groups is 1. The number of nitrogens with one attached hydrogen (secondary N) is 1.